The first kappa shape index (κ1) is 13.8. The summed E-state index contributed by atoms with van der Waals surface area (Å²) >= 11 is 0. The molecule has 0 radical (unpaired) electrons. The highest BCUT2D eigenvalue weighted by molar-refractivity contribution is 5.99. The Morgan fingerprint density at radius 2 is 2.06 bits per heavy atom. The topological polar surface area (TPSA) is 84.7 Å². The summed E-state index contributed by atoms with van der Waals surface area (Å²) in [4.78, 5) is 24.5. The molecule has 18 heavy (non-hydrogen) atoms. The first-order valence-corrected chi connectivity index (χ1v) is 5.38. The van der Waals surface area contributed by atoms with Gasteiger partial charge in [0.2, 0.25) is 5.91 Å². The predicted octanol–water partition coefficient (Wildman–Crippen LogP) is 0.555. The monoisotopic (exact) mass is 251 g/mol. The molecule has 0 aliphatic heterocycles. The number of rotatable bonds is 4. The normalized spacial score (nSPS) is 9.72. The minimum atomic E-state index is -0.498. The number of hydrogen-bond acceptors (Lipinski definition) is 5. The number of amides is 1. The third-order valence-corrected chi connectivity index (χ3v) is 2.42. The van der Waals surface area contributed by atoms with Crippen molar-refractivity contribution in [3.8, 4) is 0 Å². The van der Waals surface area contributed by atoms with E-state index in [2.05, 4.69) is 10.1 Å². The number of benzene rings is 1. The predicted molar refractivity (Wildman–Crippen MR) is 69.4 cm³/mol. The second kappa shape index (κ2) is 5.90. The lowest BCUT2D eigenvalue weighted by atomic mass is 10.1. The van der Waals surface area contributed by atoms with E-state index in [4.69, 9.17) is 5.73 Å². The van der Waals surface area contributed by atoms with Crippen LogP contribution in [0.4, 0.5) is 11.4 Å². The van der Waals surface area contributed by atoms with Crippen LogP contribution in [0.25, 0.3) is 0 Å². The van der Waals surface area contributed by atoms with Gasteiger partial charge < -0.3 is 20.7 Å². The van der Waals surface area contributed by atoms with Gasteiger partial charge in [0.25, 0.3) is 0 Å². The minimum absolute atomic E-state index is 0.0607. The van der Waals surface area contributed by atoms with Crippen LogP contribution in [-0.2, 0) is 9.53 Å². The van der Waals surface area contributed by atoms with Crippen LogP contribution in [0.1, 0.15) is 10.4 Å². The Labute approximate surface area is 106 Å². The number of carbonyl (C=O) groups is 2. The summed E-state index contributed by atoms with van der Waals surface area (Å²) in [6.07, 6.45) is 0. The number of nitrogens with zero attached hydrogens (tertiary/aromatic N) is 1. The SMILES string of the molecule is COC(=O)c1cccc(N)c1NCC(=O)N(C)C. The van der Waals surface area contributed by atoms with Crippen molar-refractivity contribution in [2.75, 3.05) is 38.8 Å². The number of likely N-dealkylation sites (N-methyl/N-ethyl adjacent to an activating group) is 1. The van der Waals surface area contributed by atoms with E-state index in [9.17, 15) is 9.59 Å². The van der Waals surface area contributed by atoms with Gasteiger partial charge in [0.05, 0.1) is 30.6 Å². The number of para-hydroxylation sites is 1. The van der Waals surface area contributed by atoms with Crippen molar-refractivity contribution in [3.05, 3.63) is 23.8 Å². The molecule has 3 N–H and O–H groups in total. The lowest BCUT2D eigenvalue weighted by molar-refractivity contribution is -0.126. The number of carbonyl (C=O) groups excluding carboxylic acids is 2. The summed E-state index contributed by atoms with van der Waals surface area (Å²) < 4.78 is 4.66. The van der Waals surface area contributed by atoms with Crippen molar-refractivity contribution in [2.24, 2.45) is 0 Å². The van der Waals surface area contributed by atoms with E-state index >= 15 is 0 Å². The van der Waals surface area contributed by atoms with Gasteiger partial charge in [-0.3, -0.25) is 4.79 Å². The van der Waals surface area contributed by atoms with Crippen molar-refractivity contribution >= 4 is 23.3 Å². The number of hydrogen-bond donors (Lipinski definition) is 2. The highest BCUT2D eigenvalue weighted by Gasteiger charge is 2.15. The number of nitrogens with one attached hydrogen (secondary N) is 1. The van der Waals surface area contributed by atoms with Gasteiger partial charge in [-0.2, -0.15) is 0 Å². The Bertz CT molecular complexity index is 458. The Morgan fingerprint density at radius 1 is 1.39 bits per heavy atom. The molecule has 0 atom stereocenters. The third-order valence-electron chi connectivity index (χ3n) is 2.42. The number of anilines is 2. The number of esters is 1. The van der Waals surface area contributed by atoms with Gasteiger partial charge in [-0.1, -0.05) is 6.07 Å². The molecule has 6 nitrogen and oxygen atoms in total. The zero-order valence-corrected chi connectivity index (χ0v) is 10.7. The maximum atomic E-state index is 11.6. The first-order valence-electron chi connectivity index (χ1n) is 5.38. The fourth-order valence-electron chi connectivity index (χ4n) is 1.37. The molecule has 0 aliphatic rings. The van der Waals surface area contributed by atoms with E-state index in [1.165, 1.54) is 12.0 Å². The van der Waals surface area contributed by atoms with Crippen LogP contribution < -0.4 is 11.1 Å². The maximum absolute atomic E-state index is 11.6. The zero-order chi connectivity index (χ0) is 13.7. The molecule has 6 heteroatoms. The van der Waals surface area contributed by atoms with Gasteiger partial charge in [-0.05, 0) is 12.1 Å². The second-order valence-corrected chi connectivity index (χ2v) is 3.90. The molecule has 0 unspecified atom stereocenters. The molecule has 98 valence electrons. The lowest BCUT2D eigenvalue weighted by Crippen LogP contribution is -2.29. The van der Waals surface area contributed by atoms with Crippen LogP contribution in [-0.4, -0.2) is 44.5 Å². The van der Waals surface area contributed by atoms with E-state index in [1.807, 2.05) is 0 Å². The van der Waals surface area contributed by atoms with Crippen molar-refractivity contribution in [2.45, 2.75) is 0 Å². The van der Waals surface area contributed by atoms with Crippen LogP contribution in [0.2, 0.25) is 0 Å². The fraction of sp³-hybridized carbons (Fsp3) is 0.333. The third kappa shape index (κ3) is 3.13. The molecule has 0 aromatic heterocycles. The van der Waals surface area contributed by atoms with Gasteiger partial charge in [0.15, 0.2) is 0 Å². The van der Waals surface area contributed by atoms with Gasteiger partial charge in [0.1, 0.15) is 0 Å². The summed E-state index contributed by atoms with van der Waals surface area (Å²) in [5, 5.41) is 2.86. The van der Waals surface area contributed by atoms with Gasteiger partial charge >= 0.3 is 5.97 Å². The Morgan fingerprint density at radius 3 is 2.61 bits per heavy atom. The van der Waals surface area contributed by atoms with E-state index in [1.54, 1.807) is 32.3 Å². The van der Waals surface area contributed by atoms with Crippen molar-refractivity contribution < 1.29 is 14.3 Å². The van der Waals surface area contributed by atoms with E-state index in [0.29, 0.717) is 16.9 Å². The molecule has 0 saturated heterocycles. The molecule has 1 aromatic rings. The molecular weight excluding hydrogens is 234 g/mol. The Hall–Kier alpha value is -2.24. The first-order chi connectivity index (χ1) is 8.47. The van der Waals surface area contributed by atoms with E-state index in [-0.39, 0.29) is 12.5 Å². The minimum Gasteiger partial charge on any atom is -0.465 e. The maximum Gasteiger partial charge on any atom is 0.340 e. The van der Waals surface area contributed by atoms with E-state index < -0.39 is 5.97 Å². The standard InChI is InChI=1S/C12H17N3O3/c1-15(2)10(16)7-14-11-8(12(17)18-3)5-4-6-9(11)13/h4-6,14H,7,13H2,1-3H3. The molecule has 1 aromatic carbocycles. The Kier molecular flexibility index (Phi) is 4.53. The highest BCUT2D eigenvalue weighted by atomic mass is 16.5. The van der Waals surface area contributed by atoms with Gasteiger partial charge in [-0.25, -0.2) is 4.79 Å². The zero-order valence-electron chi connectivity index (χ0n) is 10.7. The molecule has 1 rings (SSSR count). The van der Waals surface area contributed by atoms with Crippen LogP contribution in [0, 0.1) is 0 Å². The number of nitrogen functional groups attached to an aromatic ring is 1. The van der Waals surface area contributed by atoms with Crippen LogP contribution in [0.5, 0.6) is 0 Å². The molecule has 1 amide bonds. The average Bonchev–Trinajstić information content (AvgIpc) is 2.35. The largest absolute Gasteiger partial charge is 0.465 e. The summed E-state index contributed by atoms with van der Waals surface area (Å²) in [5.41, 5.74) is 6.90. The van der Waals surface area contributed by atoms with Gasteiger partial charge in [-0.15, -0.1) is 0 Å². The summed E-state index contributed by atoms with van der Waals surface area (Å²) in [5.74, 6) is -0.615. The average molecular weight is 251 g/mol. The second-order valence-electron chi connectivity index (χ2n) is 3.90. The van der Waals surface area contributed by atoms with Crippen LogP contribution >= 0.6 is 0 Å². The summed E-state index contributed by atoms with van der Waals surface area (Å²) in [7, 11) is 4.60. The summed E-state index contributed by atoms with van der Waals surface area (Å²) in [6.45, 7) is 0.0607. The molecule has 0 saturated carbocycles. The molecular formula is C12H17N3O3. The smallest absolute Gasteiger partial charge is 0.340 e. The quantitative estimate of drug-likeness (QED) is 0.603. The number of nitrogens with two attached hydrogens (primary N) is 1. The van der Waals surface area contributed by atoms with Crippen LogP contribution in [0.3, 0.4) is 0 Å². The Balaban J connectivity index is 2.93. The molecule has 0 fully saturated rings. The van der Waals surface area contributed by atoms with Crippen molar-refractivity contribution in [1.82, 2.24) is 4.90 Å². The molecule has 0 aliphatic carbocycles. The molecule has 0 bridgehead atoms. The van der Waals surface area contributed by atoms with Gasteiger partial charge in [0, 0.05) is 14.1 Å². The lowest BCUT2D eigenvalue weighted by Gasteiger charge is -2.15. The van der Waals surface area contributed by atoms with Crippen molar-refractivity contribution in [3.63, 3.8) is 0 Å². The summed E-state index contributed by atoms with van der Waals surface area (Å²) in [6, 6.07) is 4.89. The molecule has 0 spiro atoms. The molecule has 0 heterocycles. The highest BCUT2D eigenvalue weighted by Crippen LogP contribution is 2.23. The fourth-order valence-corrected chi connectivity index (χ4v) is 1.37. The van der Waals surface area contributed by atoms with Crippen LogP contribution in [0.15, 0.2) is 18.2 Å². The number of methoxy groups -OCH3 is 1. The van der Waals surface area contributed by atoms with E-state index in [0.717, 1.165) is 0 Å². The number of ether oxygens (including phenoxy) is 1. The van der Waals surface area contributed by atoms with Crippen molar-refractivity contribution in [1.29, 1.82) is 0 Å².